The van der Waals surface area contributed by atoms with E-state index in [9.17, 15) is 9.18 Å². The summed E-state index contributed by atoms with van der Waals surface area (Å²) in [4.78, 5) is 19.8. The van der Waals surface area contributed by atoms with E-state index in [4.69, 9.17) is 16.7 Å². The summed E-state index contributed by atoms with van der Waals surface area (Å²) in [7, 11) is 3.74. The first-order valence-corrected chi connectivity index (χ1v) is 7.19. The van der Waals surface area contributed by atoms with Gasteiger partial charge in [0.2, 0.25) is 5.95 Å². The van der Waals surface area contributed by atoms with Crippen molar-refractivity contribution in [3.05, 3.63) is 35.0 Å². The molecule has 0 aromatic carbocycles. The number of amides is 1. The average Bonchev–Trinajstić information content (AvgIpc) is 2.79. The van der Waals surface area contributed by atoms with Crippen LogP contribution < -0.4 is 0 Å². The van der Waals surface area contributed by atoms with Crippen molar-refractivity contribution in [3.8, 4) is 0 Å². The van der Waals surface area contributed by atoms with Gasteiger partial charge in [-0.15, -0.1) is 0 Å². The topological polar surface area (TPSA) is 61.1 Å². The zero-order valence-electron chi connectivity index (χ0n) is 12.5. The first-order chi connectivity index (χ1) is 10.4. The SMILES string of the molecule is CN(C)CCN(CCO)C(=O)c1nc2ccc(Cl)cn2c1F. The van der Waals surface area contributed by atoms with Crippen LogP contribution >= 0.6 is 11.6 Å². The predicted molar refractivity (Wildman–Crippen MR) is 81.7 cm³/mol. The van der Waals surface area contributed by atoms with Crippen LogP contribution in [0.25, 0.3) is 5.65 Å². The van der Waals surface area contributed by atoms with E-state index >= 15 is 0 Å². The van der Waals surface area contributed by atoms with E-state index in [-0.39, 0.29) is 18.8 Å². The van der Waals surface area contributed by atoms with Gasteiger partial charge in [0.05, 0.1) is 11.6 Å². The van der Waals surface area contributed by atoms with Gasteiger partial charge in [0.1, 0.15) is 5.65 Å². The van der Waals surface area contributed by atoms with Crippen molar-refractivity contribution < 1.29 is 14.3 Å². The number of halogens is 2. The first-order valence-electron chi connectivity index (χ1n) is 6.82. The summed E-state index contributed by atoms with van der Waals surface area (Å²) >= 11 is 5.83. The molecule has 2 aromatic rings. The standard InChI is InChI=1S/C14H18ClFN4O2/c1-18(2)5-6-19(7-8-21)14(22)12-13(16)20-9-10(15)3-4-11(20)17-12/h3-4,9,21H,5-8H2,1-2H3. The smallest absolute Gasteiger partial charge is 0.277 e. The number of carbonyl (C=O) groups excluding carboxylic acids is 1. The lowest BCUT2D eigenvalue weighted by molar-refractivity contribution is 0.0699. The van der Waals surface area contributed by atoms with E-state index in [2.05, 4.69) is 4.98 Å². The number of nitrogens with zero attached hydrogens (tertiary/aromatic N) is 4. The van der Waals surface area contributed by atoms with Crippen LogP contribution in [-0.2, 0) is 0 Å². The lowest BCUT2D eigenvalue weighted by Crippen LogP contribution is -2.39. The van der Waals surface area contributed by atoms with E-state index < -0.39 is 11.9 Å². The summed E-state index contributed by atoms with van der Waals surface area (Å²) in [5.74, 6) is -1.30. The van der Waals surface area contributed by atoms with Crippen LogP contribution in [0.4, 0.5) is 4.39 Å². The number of likely N-dealkylation sites (N-methyl/N-ethyl adjacent to an activating group) is 1. The van der Waals surface area contributed by atoms with Crippen molar-refractivity contribution in [1.82, 2.24) is 19.2 Å². The summed E-state index contributed by atoms with van der Waals surface area (Å²) in [6.45, 7) is 0.910. The van der Waals surface area contributed by atoms with Crippen LogP contribution in [0.3, 0.4) is 0 Å². The molecule has 120 valence electrons. The molecule has 1 amide bonds. The number of fused-ring (bicyclic) bond motifs is 1. The fraction of sp³-hybridized carbons (Fsp3) is 0.429. The van der Waals surface area contributed by atoms with Gasteiger partial charge < -0.3 is 14.9 Å². The van der Waals surface area contributed by atoms with Crippen LogP contribution in [-0.4, -0.2) is 70.5 Å². The monoisotopic (exact) mass is 328 g/mol. The van der Waals surface area contributed by atoms with Crippen molar-refractivity contribution in [3.63, 3.8) is 0 Å². The zero-order valence-corrected chi connectivity index (χ0v) is 13.2. The second kappa shape index (κ2) is 7.04. The van der Waals surface area contributed by atoms with Gasteiger partial charge in [0.15, 0.2) is 5.69 Å². The third kappa shape index (κ3) is 3.55. The van der Waals surface area contributed by atoms with Gasteiger partial charge in [-0.3, -0.25) is 9.20 Å². The van der Waals surface area contributed by atoms with Gasteiger partial charge in [-0.25, -0.2) is 4.98 Å². The van der Waals surface area contributed by atoms with Crippen LogP contribution in [0.15, 0.2) is 18.3 Å². The van der Waals surface area contributed by atoms with Gasteiger partial charge in [0, 0.05) is 25.8 Å². The van der Waals surface area contributed by atoms with Crippen molar-refractivity contribution in [2.24, 2.45) is 0 Å². The number of aliphatic hydroxyl groups is 1. The van der Waals surface area contributed by atoms with Gasteiger partial charge in [-0.05, 0) is 26.2 Å². The Balaban J connectivity index is 2.31. The maximum Gasteiger partial charge on any atom is 0.277 e. The Labute approximate surface area is 132 Å². The maximum absolute atomic E-state index is 14.4. The highest BCUT2D eigenvalue weighted by Gasteiger charge is 2.24. The van der Waals surface area contributed by atoms with Crippen molar-refractivity contribution >= 4 is 23.2 Å². The third-order valence-corrected chi connectivity index (χ3v) is 3.42. The molecule has 2 aromatic heterocycles. The Kier molecular flexibility index (Phi) is 5.33. The Morgan fingerprint density at radius 2 is 2.09 bits per heavy atom. The molecule has 0 aliphatic rings. The molecule has 0 unspecified atom stereocenters. The van der Waals surface area contributed by atoms with Crippen LogP contribution in [0.2, 0.25) is 5.02 Å². The zero-order chi connectivity index (χ0) is 16.3. The Hall–Kier alpha value is -1.70. The molecule has 2 heterocycles. The van der Waals surface area contributed by atoms with Crippen LogP contribution in [0.1, 0.15) is 10.5 Å². The van der Waals surface area contributed by atoms with Crippen LogP contribution in [0, 0.1) is 5.95 Å². The second-order valence-electron chi connectivity index (χ2n) is 5.15. The van der Waals surface area contributed by atoms with Gasteiger partial charge in [0.25, 0.3) is 5.91 Å². The number of aromatic nitrogens is 2. The molecule has 2 rings (SSSR count). The lowest BCUT2D eigenvalue weighted by Gasteiger charge is -2.22. The number of imidazole rings is 1. The van der Waals surface area contributed by atoms with Crippen molar-refractivity contribution in [1.29, 1.82) is 0 Å². The summed E-state index contributed by atoms with van der Waals surface area (Å²) in [5, 5.41) is 9.45. The molecule has 0 bridgehead atoms. The highest BCUT2D eigenvalue weighted by atomic mass is 35.5. The van der Waals surface area contributed by atoms with Gasteiger partial charge in [-0.2, -0.15) is 4.39 Å². The molecular formula is C14H18ClFN4O2. The number of aliphatic hydroxyl groups excluding tert-OH is 1. The largest absolute Gasteiger partial charge is 0.395 e. The quantitative estimate of drug-likeness (QED) is 0.863. The van der Waals surface area contributed by atoms with Crippen molar-refractivity contribution in [2.75, 3.05) is 40.3 Å². The molecule has 0 spiro atoms. The fourth-order valence-electron chi connectivity index (χ4n) is 2.03. The minimum Gasteiger partial charge on any atom is -0.395 e. The molecule has 0 aliphatic heterocycles. The molecule has 0 fully saturated rings. The van der Waals surface area contributed by atoms with E-state index in [0.717, 1.165) is 4.40 Å². The highest BCUT2D eigenvalue weighted by Crippen LogP contribution is 2.16. The number of hydrogen-bond donors (Lipinski definition) is 1. The lowest BCUT2D eigenvalue weighted by atomic mass is 10.3. The predicted octanol–water partition coefficient (Wildman–Crippen LogP) is 1.12. The average molecular weight is 329 g/mol. The Bertz CT molecular complexity index is 674. The minimum atomic E-state index is -0.754. The molecule has 22 heavy (non-hydrogen) atoms. The number of rotatable bonds is 6. The number of pyridine rings is 1. The molecule has 6 nitrogen and oxygen atoms in total. The molecule has 1 N–H and O–H groups in total. The highest BCUT2D eigenvalue weighted by molar-refractivity contribution is 6.30. The van der Waals surface area contributed by atoms with Crippen molar-refractivity contribution in [2.45, 2.75) is 0 Å². The molecule has 0 atom stereocenters. The van der Waals surface area contributed by atoms with E-state index in [1.807, 2.05) is 19.0 Å². The third-order valence-electron chi connectivity index (χ3n) is 3.20. The normalized spacial score (nSPS) is 11.4. The molecule has 0 saturated heterocycles. The Morgan fingerprint density at radius 3 is 2.73 bits per heavy atom. The fourth-order valence-corrected chi connectivity index (χ4v) is 2.19. The molecular weight excluding hydrogens is 311 g/mol. The second-order valence-corrected chi connectivity index (χ2v) is 5.58. The maximum atomic E-state index is 14.4. The summed E-state index contributed by atoms with van der Waals surface area (Å²) in [6, 6.07) is 3.12. The van der Waals surface area contributed by atoms with Gasteiger partial charge in [-0.1, -0.05) is 11.6 Å². The summed E-state index contributed by atoms with van der Waals surface area (Å²) in [6.07, 6.45) is 1.37. The summed E-state index contributed by atoms with van der Waals surface area (Å²) in [5.41, 5.74) is 0.0382. The van der Waals surface area contributed by atoms with E-state index in [1.54, 1.807) is 12.1 Å². The molecule has 0 saturated carbocycles. The number of hydrogen-bond acceptors (Lipinski definition) is 4. The van der Waals surface area contributed by atoms with Crippen LogP contribution in [0.5, 0.6) is 0 Å². The van der Waals surface area contributed by atoms with E-state index in [1.165, 1.54) is 11.1 Å². The molecule has 8 heteroatoms. The first kappa shape index (κ1) is 16.7. The minimum absolute atomic E-state index is 0.126. The molecule has 0 aliphatic carbocycles. The molecule has 0 radical (unpaired) electrons. The van der Waals surface area contributed by atoms with Gasteiger partial charge >= 0.3 is 0 Å². The Morgan fingerprint density at radius 1 is 1.36 bits per heavy atom. The summed E-state index contributed by atoms with van der Waals surface area (Å²) < 4.78 is 15.5. The van der Waals surface area contributed by atoms with E-state index in [0.29, 0.717) is 23.8 Å². The number of carbonyl (C=O) groups is 1.